The van der Waals surface area contributed by atoms with Gasteiger partial charge in [0, 0.05) is 18.8 Å². The van der Waals surface area contributed by atoms with E-state index in [1.165, 1.54) is 89.9 Å². The fourth-order valence-corrected chi connectivity index (χ4v) is 4.17. The zero-order valence-corrected chi connectivity index (χ0v) is 22.0. The van der Waals surface area contributed by atoms with Gasteiger partial charge in [-0.2, -0.15) is 0 Å². The third kappa shape index (κ3) is 15.8. The van der Waals surface area contributed by atoms with Crippen LogP contribution in [-0.4, -0.2) is 43.7 Å². The van der Waals surface area contributed by atoms with Crippen molar-refractivity contribution in [2.45, 2.75) is 111 Å². The molecule has 0 aromatic heterocycles. The molecule has 0 saturated heterocycles. The summed E-state index contributed by atoms with van der Waals surface area (Å²) in [6, 6.07) is 7.66. The number of carbonyl (C=O) groups excluding carboxylic acids is 1. The van der Waals surface area contributed by atoms with Gasteiger partial charge in [-0.15, -0.1) is 0 Å². The van der Waals surface area contributed by atoms with Crippen LogP contribution in [0.3, 0.4) is 0 Å². The fraction of sp³-hybridized carbons (Fsp3) is 0.759. The molecule has 0 atom stereocenters. The first kappa shape index (κ1) is 29.5. The molecule has 0 heterocycles. The second kappa shape index (κ2) is 21.0. The lowest BCUT2D eigenvalue weighted by Crippen LogP contribution is -2.27. The summed E-state index contributed by atoms with van der Waals surface area (Å²) in [5.74, 6) is -0.235. The number of benzene rings is 1. The van der Waals surface area contributed by atoms with Gasteiger partial charge in [-0.1, -0.05) is 104 Å². The Morgan fingerprint density at radius 3 is 1.70 bits per heavy atom. The van der Waals surface area contributed by atoms with E-state index in [2.05, 4.69) is 31.0 Å². The summed E-state index contributed by atoms with van der Waals surface area (Å²) in [5, 5.41) is 3.47. The van der Waals surface area contributed by atoms with Gasteiger partial charge in [0.2, 0.25) is 0 Å². The molecule has 0 radical (unpaired) electrons. The van der Waals surface area contributed by atoms with E-state index in [1.54, 1.807) is 0 Å². The number of anilines is 1. The highest BCUT2D eigenvalue weighted by molar-refractivity contribution is 5.89. The Bertz CT molecular complexity index is 569. The minimum absolute atomic E-state index is 0.235. The zero-order chi connectivity index (χ0) is 24.0. The number of carbonyl (C=O) groups is 1. The molecule has 0 bridgehead atoms. The zero-order valence-electron chi connectivity index (χ0n) is 22.0. The first-order chi connectivity index (χ1) is 16.2. The third-order valence-electron chi connectivity index (χ3n) is 6.52. The second-order valence-electron chi connectivity index (χ2n) is 9.26. The second-order valence-corrected chi connectivity index (χ2v) is 9.26. The van der Waals surface area contributed by atoms with Crippen molar-refractivity contribution in [3.63, 3.8) is 0 Å². The summed E-state index contributed by atoms with van der Waals surface area (Å²) in [6.45, 7) is 10.7. The van der Waals surface area contributed by atoms with Crippen molar-refractivity contribution in [3.05, 3.63) is 29.8 Å². The molecule has 1 N–H and O–H groups in total. The number of nitrogens with zero attached hydrogens (tertiary/aromatic N) is 1. The molecule has 0 unspecified atom stereocenters. The molecular formula is C29H52N2O2. The number of nitrogens with one attached hydrogen (secondary N) is 1. The SMILES string of the molecule is CCCCCCCCCCCCCCCCNc1ccc(C(=O)OCCN(CC)CC)cc1. The van der Waals surface area contributed by atoms with Crippen molar-refractivity contribution in [1.29, 1.82) is 0 Å². The monoisotopic (exact) mass is 460 g/mol. The Labute approximate surface area is 204 Å². The average molecular weight is 461 g/mol. The van der Waals surface area contributed by atoms with Gasteiger partial charge in [0.15, 0.2) is 0 Å². The molecule has 0 spiro atoms. The van der Waals surface area contributed by atoms with Crippen LogP contribution in [0.2, 0.25) is 0 Å². The van der Waals surface area contributed by atoms with Gasteiger partial charge in [-0.3, -0.25) is 0 Å². The minimum atomic E-state index is -0.235. The number of hydrogen-bond acceptors (Lipinski definition) is 4. The van der Waals surface area contributed by atoms with E-state index in [0.717, 1.165) is 31.9 Å². The third-order valence-corrected chi connectivity index (χ3v) is 6.52. The molecule has 1 aromatic carbocycles. The van der Waals surface area contributed by atoms with Crippen molar-refractivity contribution in [2.75, 3.05) is 38.1 Å². The molecule has 1 rings (SSSR count). The summed E-state index contributed by atoms with van der Waals surface area (Å²) in [7, 11) is 0. The quantitative estimate of drug-likeness (QED) is 0.140. The van der Waals surface area contributed by atoms with Crippen LogP contribution < -0.4 is 5.32 Å². The van der Waals surface area contributed by atoms with Crippen LogP contribution in [0.5, 0.6) is 0 Å². The van der Waals surface area contributed by atoms with Crippen molar-refractivity contribution in [3.8, 4) is 0 Å². The molecule has 1 aromatic rings. The van der Waals surface area contributed by atoms with E-state index in [-0.39, 0.29) is 5.97 Å². The van der Waals surface area contributed by atoms with Gasteiger partial charge >= 0.3 is 5.97 Å². The van der Waals surface area contributed by atoms with E-state index in [4.69, 9.17) is 4.74 Å². The maximum atomic E-state index is 12.2. The Kier molecular flexibility index (Phi) is 18.8. The summed E-state index contributed by atoms with van der Waals surface area (Å²) >= 11 is 0. The first-order valence-electron chi connectivity index (χ1n) is 13.9. The van der Waals surface area contributed by atoms with E-state index in [1.807, 2.05) is 24.3 Å². The van der Waals surface area contributed by atoms with Gasteiger partial charge < -0.3 is 15.0 Å². The molecule has 0 aliphatic rings. The first-order valence-corrected chi connectivity index (χ1v) is 13.9. The van der Waals surface area contributed by atoms with Crippen LogP contribution in [0.25, 0.3) is 0 Å². The maximum Gasteiger partial charge on any atom is 0.338 e. The molecule has 0 saturated carbocycles. The van der Waals surface area contributed by atoms with Crippen molar-refractivity contribution in [1.82, 2.24) is 4.90 Å². The maximum absolute atomic E-state index is 12.2. The fourth-order valence-electron chi connectivity index (χ4n) is 4.17. The van der Waals surface area contributed by atoms with Crippen LogP contribution in [0.4, 0.5) is 5.69 Å². The van der Waals surface area contributed by atoms with Crippen LogP contribution in [0.1, 0.15) is 121 Å². The number of hydrogen-bond donors (Lipinski definition) is 1. The van der Waals surface area contributed by atoms with E-state index < -0.39 is 0 Å². The summed E-state index contributed by atoms with van der Waals surface area (Å²) in [4.78, 5) is 14.4. The highest BCUT2D eigenvalue weighted by Gasteiger charge is 2.08. The molecule has 33 heavy (non-hydrogen) atoms. The number of esters is 1. The van der Waals surface area contributed by atoms with Crippen molar-refractivity contribution >= 4 is 11.7 Å². The lowest BCUT2D eigenvalue weighted by molar-refractivity contribution is 0.0466. The number of ether oxygens (including phenoxy) is 1. The lowest BCUT2D eigenvalue weighted by atomic mass is 10.0. The van der Waals surface area contributed by atoms with Crippen LogP contribution in [0.15, 0.2) is 24.3 Å². The minimum Gasteiger partial charge on any atom is -0.461 e. The van der Waals surface area contributed by atoms with Gasteiger partial charge in [-0.25, -0.2) is 4.79 Å². The molecule has 0 aliphatic heterocycles. The normalized spacial score (nSPS) is 11.2. The van der Waals surface area contributed by atoms with Gasteiger partial charge in [0.05, 0.1) is 5.56 Å². The standard InChI is InChI=1S/C29H52N2O2/c1-4-7-8-9-10-11-12-13-14-15-16-17-18-19-24-30-28-22-20-27(21-23-28)29(32)33-26-25-31(5-2)6-3/h20-23,30H,4-19,24-26H2,1-3H3. The highest BCUT2D eigenvalue weighted by atomic mass is 16.5. The van der Waals surface area contributed by atoms with Crippen molar-refractivity contribution < 1.29 is 9.53 Å². The molecule has 4 nitrogen and oxygen atoms in total. The summed E-state index contributed by atoms with van der Waals surface area (Å²) in [5.41, 5.74) is 1.70. The van der Waals surface area contributed by atoms with Crippen LogP contribution >= 0.6 is 0 Å². The Balaban J connectivity index is 1.97. The van der Waals surface area contributed by atoms with E-state index in [0.29, 0.717) is 12.2 Å². The summed E-state index contributed by atoms with van der Waals surface area (Å²) in [6.07, 6.45) is 19.4. The smallest absolute Gasteiger partial charge is 0.338 e. The highest BCUT2D eigenvalue weighted by Crippen LogP contribution is 2.14. The van der Waals surface area contributed by atoms with E-state index >= 15 is 0 Å². The number of rotatable bonds is 22. The Morgan fingerprint density at radius 2 is 1.21 bits per heavy atom. The Morgan fingerprint density at radius 1 is 0.727 bits per heavy atom. The molecule has 190 valence electrons. The molecule has 0 aliphatic carbocycles. The van der Waals surface area contributed by atoms with E-state index in [9.17, 15) is 4.79 Å². The topological polar surface area (TPSA) is 41.6 Å². The largest absolute Gasteiger partial charge is 0.461 e. The molecular weight excluding hydrogens is 408 g/mol. The number of unbranched alkanes of at least 4 members (excludes halogenated alkanes) is 13. The van der Waals surface area contributed by atoms with Crippen LogP contribution in [0, 0.1) is 0 Å². The van der Waals surface area contributed by atoms with Crippen LogP contribution in [-0.2, 0) is 4.74 Å². The van der Waals surface area contributed by atoms with Crippen molar-refractivity contribution in [2.24, 2.45) is 0 Å². The number of likely N-dealkylation sites (N-methyl/N-ethyl adjacent to an activating group) is 1. The summed E-state index contributed by atoms with van der Waals surface area (Å²) < 4.78 is 5.39. The predicted molar refractivity (Wildman–Crippen MR) is 143 cm³/mol. The average Bonchev–Trinajstić information content (AvgIpc) is 2.84. The van der Waals surface area contributed by atoms with Gasteiger partial charge in [0.1, 0.15) is 6.61 Å². The lowest BCUT2D eigenvalue weighted by Gasteiger charge is -2.17. The predicted octanol–water partition coefficient (Wildman–Crippen LogP) is 8.08. The Hall–Kier alpha value is -1.55. The molecule has 4 heteroatoms. The van der Waals surface area contributed by atoms with Gasteiger partial charge in [-0.05, 0) is 43.8 Å². The van der Waals surface area contributed by atoms with Gasteiger partial charge in [0.25, 0.3) is 0 Å². The molecule has 0 amide bonds. The molecule has 0 fully saturated rings.